The molecule has 1 unspecified atom stereocenters. The van der Waals surface area contributed by atoms with Crippen molar-refractivity contribution in [3.05, 3.63) is 35.4 Å². The van der Waals surface area contributed by atoms with Gasteiger partial charge in [-0.3, -0.25) is 9.89 Å². The van der Waals surface area contributed by atoms with E-state index in [1.807, 2.05) is 14.0 Å². The van der Waals surface area contributed by atoms with Gasteiger partial charge in [0.15, 0.2) is 5.96 Å². The average Bonchev–Trinajstić information content (AvgIpc) is 2.70. The average molecular weight is 377 g/mol. The van der Waals surface area contributed by atoms with Crippen molar-refractivity contribution in [3.63, 3.8) is 0 Å². The lowest BCUT2D eigenvalue weighted by molar-refractivity contribution is 0.00752. The predicted molar refractivity (Wildman–Crippen MR) is 111 cm³/mol. The van der Waals surface area contributed by atoms with Crippen molar-refractivity contribution in [3.8, 4) is 0 Å². The maximum absolute atomic E-state index is 5.49. The largest absolute Gasteiger partial charge is 0.379 e. The molecular formula is C21H36N4O2. The van der Waals surface area contributed by atoms with Crippen LogP contribution in [0.25, 0.3) is 0 Å². The van der Waals surface area contributed by atoms with Gasteiger partial charge in [0.2, 0.25) is 0 Å². The van der Waals surface area contributed by atoms with E-state index < -0.39 is 0 Å². The smallest absolute Gasteiger partial charge is 0.191 e. The molecule has 1 aromatic rings. The monoisotopic (exact) mass is 376 g/mol. The second kappa shape index (κ2) is 12.0. The lowest BCUT2D eigenvalue weighted by atomic mass is 10.0. The normalized spacial score (nSPS) is 17.1. The van der Waals surface area contributed by atoms with Gasteiger partial charge in [-0.25, -0.2) is 0 Å². The van der Waals surface area contributed by atoms with Gasteiger partial charge in [-0.05, 0) is 24.0 Å². The first-order chi connectivity index (χ1) is 13.1. The van der Waals surface area contributed by atoms with Crippen LogP contribution in [-0.2, 0) is 22.6 Å². The number of nitrogens with zero attached hydrogens (tertiary/aromatic N) is 2. The van der Waals surface area contributed by atoms with Crippen LogP contribution in [0.4, 0.5) is 0 Å². The molecule has 0 radical (unpaired) electrons. The van der Waals surface area contributed by atoms with Gasteiger partial charge in [0.1, 0.15) is 0 Å². The highest BCUT2D eigenvalue weighted by atomic mass is 16.5. The van der Waals surface area contributed by atoms with E-state index in [-0.39, 0.29) is 0 Å². The summed E-state index contributed by atoms with van der Waals surface area (Å²) >= 11 is 0. The molecule has 0 spiro atoms. The van der Waals surface area contributed by atoms with E-state index in [4.69, 9.17) is 9.47 Å². The summed E-state index contributed by atoms with van der Waals surface area (Å²) in [6.07, 6.45) is 0. The second-order valence-corrected chi connectivity index (χ2v) is 7.22. The van der Waals surface area contributed by atoms with Crippen LogP contribution in [0.15, 0.2) is 29.3 Å². The first-order valence-electron chi connectivity index (χ1n) is 10.1. The zero-order chi connectivity index (χ0) is 19.5. The van der Waals surface area contributed by atoms with E-state index in [0.717, 1.165) is 52.0 Å². The Hall–Kier alpha value is -1.63. The molecule has 2 rings (SSSR count). The Labute approximate surface area is 164 Å². The van der Waals surface area contributed by atoms with Gasteiger partial charge >= 0.3 is 0 Å². The Bertz CT molecular complexity index is 554. The molecule has 27 heavy (non-hydrogen) atoms. The highest BCUT2D eigenvalue weighted by Gasteiger charge is 2.23. The Kier molecular flexibility index (Phi) is 9.59. The van der Waals surface area contributed by atoms with Gasteiger partial charge in [-0.1, -0.05) is 38.1 Å². The molecule has 1 aliphatic rings. The molecular weight excluding hydrogens is 340 g/mol. The molecule has 0 amide bonds. The molecule has 0 saturated carbocycles. The summed E-state index contributed by atoms with van der Waals surface area (Å²) in [6.45, 7) is 13.3. The van der Waals surface area contributed by atoms with E-state index >= 15 is 0 Å². The summed E-state index contributed by atoms with van der Waals surface area (Å²) in [5.74, 6) is 1.42. The number of nitrogens with one attached hydrogen (secondary N) is 2. The third-order valence-electron chi connectivity index (χ3n) is 4.94. The van der Waals surface area contributed by atoms with Crippen molar-refractivity contribution in [2.24, 2.45) is 10.9 Å². The molecule has 0 aromatic heterocycles. The molecule has 1 aliphatic heterocycles. The van der Waals surface area contributed by atoms with Crippen molar-refractivity contribution in [1.82, 2.24) is 15.5 Å². The van der Waals surface area contributed by atoms with E-state index in [1.54, 1.807) is 0 Å². The van der Waals surface area contributed by atoms with Gasteiger partial charge < -0.3 is 20.1 Å². The van der Waals surface area contributed by atoms with Gasteiger partial charge in [0, 0.05) is 45.9 Å². The molecule has 1 fully saturated rings. The molecule has 6 heteroatoms. The van der Waals surface area contributed by atoms with Gasteiger partial charge in [-0.15, -0.1) is 0 Å². The van der Waals surface area contributed by atoms with Crippen molar-refractivity contribution < 1.29 is 9.47 Å². The highest BCUT2D eigenvalue weighted by molar-refractivity contribution is 5.79. The van der Waals surface area contributed by atoms with E-state index in [9.17, 15) is 0 Å². The summed E-state index contributed by atoms with van der Waals surface area (Å²) in [5.41, 5.74) is 2.43. The number of hydrogen-bond acceptors (Lipinski definition) is 4. The molecule has 152 valence electrons. The van der Waals surface area contributed by atoms with Gasteiger partial charge in [0.25, 0.3) is 0 Å². The third kappa shape index (κ3) is 7.48. The Morgan fingerprint density at radius 2 is 1.81 bits per heavy atom. The maximum Gasteiger partial charge on any atom is 0.191 e. The fraction of sp³-hybridized carbons (Fsp3) is 0.667. The maximum atomic E-state index is 5.49. The van der Waals surface area contributed by atoms with Crippen LogP contribution in [0.2, 0.25) is 0 Å². The van der Waals surface area contributed by atoms with E-state index in [1.165, 1.54) is 11.1 Å². The SMILES string of the molecule is CCOCc1ccc(CNC(=NC)NCC(C(C)C)N2CCOCC2)cc1. The quantitative estimate of drug-likeness (QED) is 0.511. The van der Waals surface area contributed by atoms with Crippen LogP contribution in [0, 0.1) is 5.92 Å². The summed E-state index contributed by atoms with van der Waals surface area (Å²) in [5, 5.41) is 6.90. The van der Waals surface area contributed by atoms with Crippen LogP contribution < -0.4 is 10.6 Å². The number of benzene rings is 1. The molecule has 1 atom stereocenters. The first-order valence-corrected chi connectivity index (χ1v) is 10.1. The third-order valence-corrected chi connectivity index (χ3v) is 4.94. The molecule has 0 aliphatic carbocycles. The fourth-order valence-corrected chi connectivity index (χ4v) is 3.28. The Balaban J connectivity index is 1.80. The molecule has 1 saturated heterocycles. The molecule has 1 aromatic carbocycles. The van der Waals surface area contributed by atoms with Gasteiger partial charge in [0.05, 0.1) is 19.8 Å². The minimum Gasteiger partial charge on any atom is -0.379 e. The zero-order valence-corrected chi connectivity index (χ0v) is 17.3. The van der Waals surface area contributed by atoms with Crippen LogP contribution in [0.3, 0.4) is 0 Å². The lowest BCUT2D eigenvalue weighted by Gasteiger charge is -2.37. The number of hydrogen-bond donors (Lipinski definition) is 2. The fourth-order valence-electron chi connectivity index (χ4n) is 3.28. The molecule has 2 N–H and O–H groups in total. The number of ether oxygens (including phenoxy) is 2. The van der Waals surface area contributed by atoms with Crippen LogP contribution in [-0.4, -0.2) is 63.4 Å². The summed E-state index contributed by atoms with van der Waals surface area (Å²) in [7, 11) is 1.82. The van der Waals surface area contributed by atoms with Gasteiger partial charge in [-0.2, -0.15) is 0 Å². The summed E-state index contributed by atoms with van der Waals surface area (Å²) in [6, 6.07) is 9.00. The van der Waals surface area contributed by atoms with Crippen molar-refractivity contribution >= 4 is 5.96 Å². The summed E-state index contributed by atoms with van der Waals surface area (Å²) in [4.78, 5) is 6.89. The number of guanidine groups is 1. The minimum absolute atomic E-state index is 0.477. The molecule has 0 bridgehead atoms. The number of aliphatic imine (C=N–C) groups is 1. The minimum atomic E-state index is 0.477. The lowest BCUT2D eigenvalue weighted by Crippen LogP contribution is -2.52. The van der Waals surface area contributed by atoms with E-state index in [2.05, 4.69) is 58.6 Å². The van der Waals surface area contributed by atoms with Crippen molar-refractivity contribution in [2.75, 3.05) is 46.5 Å². The Morgan fingerprint density at radius 3 is 2.41 bits per heavy atom. The number of morpholine rings is 1. The van der Waals surface area contributed by atoms with Crippen molar-refractivity contribution in [1.29, 1.82) is 0 Å². The number of rotatable bonds is 9. The summed E-state index contributed by atoms with van der Waals surface area (Å²) < 4.78 is 10.9. The highest BCUT2D eigenvalue weighted by Crippen LogP contribution is 2.12. The zero-order valence-electron chi connectivity index (χ0n) is 17.3. The second-order valence-electron chi connectivity index (χ2n) is 7.22. The van der Waals surface area contributed by atoms with Crippen molar-refractivity contribution in [2.45, 2.75) is 40.0 Å². The molecule has 1 heterocycles. The molecule has 6 nitrogen and oxygen atoms in total. The Morgan fingerprint density at radius 1 is 1.15 bits per heavy atom. The predicted octanol–water partition coefficient (Wildman–Crippen LogP) is 2.24. The standard InChI is InChI=1S/C21H36N4O2/c1-5-26-16-19-8-6-18(7-9-19)14-23-21(22-4)24-15-20(17(2)3)25-10-12-27-13-11-25/h6-9,17,20H,5,10-16H2,1-4H3,(H2,22,23,24). The topological polar surface area (TPSA) is 58.1 Å². The van der Waals surface area contributed by atoms with Crippen LogP contribution in [0.5, 0.6) is 0 Å². The van der Waals surface area contributed by atoms with E-state index in [0.29, 0.717) is 18.6 Å². The van der Waals surface area contributed by atoms with Crippen LogP contribution in [0.1, 0.15) is 31.9 Å². The van der Waals surface area contributed by atoms with Crippen LogP contribution >= 0.6 is 0 Å². The first kappa shape index (κ1) is 21.7.